The van der Waals surface area contributed by atoms with Crippen LogP contribution in [-0.2, 0) is 10.0 Å². The van der Waals surface area contributed by atoms with Gasteiger partial charge in [-0.25, -0.2) is 18.5 Å². The molecule has 1 heterocycles. The number of thiazole rings is 1. The van der Waals surface area contributed by atoms with E-state index >= 15 is 0 Å². The minimum absolute atomic E-state index is 0.127. The first kappa shape index (κ1) is 14.9. The molecule has 3 aromatic rings. The average molecular weight is 330 g/mol. The van der Waals surface area contributed by atoms with E-state index in [9.17, 15) is 8.42 Å². The first-order chi connectivity index (χ1) is 10.4. The molecule has 0 saturated carbocycles. The number of nitrogens with zero attached hydrogens (tertiary/aromatic N) is 1. The van der Waals surface area contributed by atoms with Crippen LogP contribution in [0.1, 0.15) is 5.69 Å². The van der Waals surface area contributed by atoms with Gasteiger partial charge in [0.15, 0.2) is 0 Å². The quantitative estimate of drug-likeness (QED) is 0.799. The Bertz CT molecular complexity index is 931. The molecule has 0 saturated heterocycles. The van der Waals surface area contributed by atoms with Gasteiger partial charge in [0.1, 0.15) is 5.01 Å². The van der Waals surface area contributed by atoms with Crippen LogP contribution >= 0.6 is 11.3 Å². The van der Waals surface area contributed by atoms with E-state index in [0.29, 0.717) is 5.56 Å². The molecule has 6 heteroatoms. The van der Waals surface area contributed by atoms with Crippen molar-refractivity contribution in [3.63, 3.8) is 0 Å². The highest BCUT2D eigenvalue weighted by atomic mass is 32.2. The van der Waals surface area contributed by atoms with Crippen LogP contribution < -0.4 is 5.14 Å². The van der Waals surface area contributed by atoms with Gasteiger partial charge < -0.3 is 0 Å². The summed E-state index contributed by atoms with van der Waals surface area (Å²) in [4.78, 5) is 4.59. The van der Waals surface area contributed by atoms with Crippen LogP contribution in [-0.4, -0.2) is 13.4 Å². The highest BCUT2D eigenvalue weighted by Crippen LogP contribution is 2.31. The molecule has 2 aromatic carbocycles. The van der Waals surface area contributed by atoms with Crippen molar-refractivity contribution in [2.45, 2.75) is 11.8 Å². The Morgan fingerprint density at radius 2 is 1.77 bits per heavy atom. The number of nitrogens with two attached hydrogens (primary N) is 1. The zero-order chi connectivity index (χ0) is 15.7. The van der Waals surface area contributed by atoms with Crippen molar-refractivity contribution < 1.29 is 8.42 Å². The number of rotatable bonds is 3. The number of benzene rings is 2. The molecule has 0 aliphatic carbocycles. The van der Waals surface area contributed by atoms with Gasteiger partial charge in [-0.05, 0) is 24.6 Å². The Hall–Kier alpha value is -2.02. The van der Waals surface area contributed by atoms with E-state index in [1.807, 2.05) is 36.6 Å². The molecular weight excluding hydrogens is 316 g/mol. The molecule has 0 bridgehead atoms. The molecule has 0 amide bonds. The van der Waals surface area contributed by atoms with Crippen LogP contribution in [0, 0.1) is 6.92 Å². The third-order valence-corrected chi connectivity index (χ3v) is 5.21. The van der Waals surface area contributed by atoms with E-state index in [2.05, 4.69) is 4.98 Å². The molecule has 1 aromatic heterocycles. The lowest BCUT2D eigenvalue weighted by Crippen LogP contribution is -2.13. The normalized spacial score (nSPS) is 11.5. The zero-order valence-electron chi connectivity index (χ0n) is 11.9. The first-order valence-electron chi connectivity index (χ1n) is 6.60. The van der Waals surface area contributed by atoms with Crippen LogP contribution in [0.5, 0.6) is 0 Å². The Kier molecular flexibility index (Phi) is 3.82. The predicted molar refractivity (Wildman–Crippen MR) is 89.1 cm³/mol. The van der Waals surface area contributed by atoms with Crippen molar-refractivity contribution in [1.82, 2.24) is 4.98 Å². The smallest absolute Gasteiger partial charge is 0.238 e. The van der Waals surface area contributed by atoms with Gasteiger partial charge in [-0.1, -0.05) is 36.4 Å². The van der Waals surface area contributed by atoms with E-state index < -0.39 is 10.0 Å². The summed E-state index contributed by atoms with van der Waals surface area (Å²) in [6.45, 7) is 1.94. The van der Waals surface area contributed by atoms with Crippen LogP contribution in [0.2, 0.25) is 0 Å². The summed E-state index contributed by atoms with van der Waals surface area (Å²) in [7, 11) is -3.77. The SMILES string of the molecule is Cc1csc(-c2cccc(-c3ccccc3S(N)(=O)=O)c2)n1. The lowest BCUT2D eigenvalue weighted by molar-refractivity contribution is 0.598. The van der Waals surface area contributed by atoms with Gasteiger partial charge in [-0.2, -0.15) is 0 Å². The molecule has 0 aliphatic rings. The molecular formula is C16H14N2O2S2. The van der Waals surface area contributed by atoms with E-state index in [1.165, 1.54) is 6.07 Å². The molecule has 22 heavy (non-hydrogen) atoms. The highest BCUT2D eigenvalue weighted by molar-refractivity contribution is 7.89. The number of hydrogen-bond acceptors (Lipinski definition) is 4. The fourth-order valence-corrected chi connectivity index (χ4v) is 3.81. The highest BCUT2D eigenvalue weighted by Gasteiger charge is 2.15. The van der Waals surface area contributed by atoms with Crippen LogP contribution in [0.3, 0.4) is 0 Å². The topological polar surface area (TPSA) is 73.1 Å². The maximum atomic E-state index is 11.8. The van der Waals surface area contributed by atoms with Gasteiger partial charge in [0, 0.05) is 22.2 Å². The summed E-state index contributed by atoms with van der Waals surface area (Å²) < 4.78 is 23.5. The third-order valence-electron chi connectivity index (χ3n) is 3.23. The van der Waals surface area contributed by atoms with Crippen molar-refractivity contribution in [3.8, 4) is 21.7 Å². The van der Waals surface area contributed by atoms with Crippen molar-refractivity contribution in [3.05, 3.63) is 59.6 Å². The maximum Gasteiger partial charge on any atom is 0.238 e. The number of sulfonamides is 1. The van der Waals surface area contributed by atoms with E-state index in [-0.39, 0.29) is 4.90 Å². The minimum Gasteiger partial charge on any atom is -0.241 e. The molecule has 0 fully saturated rings. The van der Waals surface area contributed by atoms with Crippen molar-refractivity contribution >= 4 is 21.4 Å². The zero-order valence-corrected chi connectivity index (χ0v) is 13.5. The average Bonchev–Trinajstić information content (AvgIpc) is 2.93. The molecule has 0 aliphatic heterocycles. The van der Waals surface area contributed by atoms with Gasteiger partial charge >= 0.3 is 0 Å². The Labute approximate surface area is 133 Å². The van der Waals surface area contributed by atoms with Gasteiger partial charge in [0.2, 0.25) is 10.0 Å². The molecule has 0 unspecified atom stereocenters. The van der Waals surface area contributed by atoms with Crippen molar-refractivity contribution in [2.24, 2.45) is 5.14 Å². The first-order valence-corrected chi connectivity index (χ1v) is 9.02. The van der Waals surface area contributed by atoms with Crippen LogP contribution in [0.25, 0.3) is 21.7 Å². The second-order valence-electron chi connectivity index (χ2n) is 4.92. The van der Waals surface area contributed by atoms with Crippen molar-refractivity contribution in [2.75, 3.05) is 0 Å². The second-order valence-corrected chi connectivity index (χ2v) is 7.30. The molecule has 2 N–H and O–H groups in total. The number of primary sulfonamides is 1. The van der Waals surface area contributed by atoms with Gasteiger partial charge in [0.25, 0.3) is 0 Å². The minimum atomic E-state index is -3.77. The summed E-state index contributed by atoms with van der Waals surface area (Å²) >= 11 is 1.56. The largest absolute Gasteiger partial charge is 0.241 e. The Morgan fingerprint density at radius 1 is 1.05 bits per heavy atom. The Morgan fingerprint density at radius 3 is 2.45 bits per heavy atom. The molecule has 0 atom stereocenters. The predicted octanol–water partition coefficient (Wildman–Crippen LogP) is 3.43. The summed E-state index contributed by atoms with van der Waals surface area (Å²) in [5.74, 6) is 0. The van der Waals surface area contributed by atoms with Gasteiger partial charge in [0.05, 0.1) is 4.90 Å². The number of hydrogen-bond donors (Lipinski definition) is 1. The second kappa shape index (κ2) is 5.64. The van der Waals surface area contributed by atoms with Gasteiger partial charge in [-0.15, -0.1) is 11.3 Å². The third kappa shape index (κ3) is 2.94. The summed E-state index contributed by atoms with van der Waals surface area (Å²) in [6.07, 6.45) is 0. The molecule has 0 spiro atoms. The molecule has 0 radical (unpaired) electrons. The fraction of sp³-hybridized carbons (Fsp3) is 0.0625. The Balaban J connectivity index is 2.15. The molecule has 4 nitrogen and oxygen atoms in total. The lowest BCUT2D eigenvalue weighted by Gasteiger charge is -2.08. The maximum absolute atomic E-state index is 11.8. The van der Waals surface area contributed by atoms with E-state index in [4.69, 9.17) is 5.14 Å². The lowest BCUT2D eigenvalue weighted by atomic mass is 10.0. The molecule has 3 rings (SSSR count). The standard InChI is InChI=1S/C16H14N2O2S2/c1-11-10-21-16(18-11)13-6-4-5-12(9-13)14-7-2-3-8-15(14)22(17,19)20/h2-10H,1H3,(H2,17,19,20). The summed E-state index contributed by atoms with van der Waals surface area (Å²) in [6, 6.07) is 14.4. The van der Waals surface area contributed by atoms with Crippen molar-refractivity contribution in [1.29, 1.82) is 0 Å². The van der Waals surface area contributed by atoms with E-state index in [0.717, 1.165) is 21.8 Å². The fourth-order valence-electron chi connectivity index (χ4n) is 2.26. The summed E-state index contributed by atoms with van der Waals surface area (Å²) in [5.41, 5.74) is 3.32. The summed E-state index contributed by atoms with van der Waals surface area (Å²) in [5, 5.41) is 8.21. The van der Waals surface area contributed by atoms with E-state index in [1.54, 1.807) is 29.5 Å². The van der Waals surface area contributed by atoms with Gasteiger partial charge in [-0.3, -0.25) is 0 Å². The van der Waals surface area contributed by atoms with Crippen LogP contribution in [0.15, 0.2) is 58.8 Å². The monoisotopic (exact) mass is 330 g/mol. The number of aromatic nitrogens is 1. The van der Waals surface area contributed by atoms with Crippen LogP contribution in [0.4, 0.5) is 0 Å². The number of aryl methyl sites for hydroxylation is 1. The molecule has 112 valence electrons.